The molecule has 2 heterocycles. The molecule has 0 saturated heterocycles. The normalized spacial score (nSPS) is 10.9. The van der Waals surface area contributed by atoms with Crippen LogP contribution in [0.4, 0.5) is 0 Å². The van der Waals surface area contributed by atoms with Crippen LogP contribution < -0.4 is 10.1 Å². The number of benzene rings is 2. The first kappa shape index (κ1) is 16.8. The van der Waals surface area contributed by atoms with Crippen LogP contribution >= 0.6 is 0 Å². The molecule has 27 heavy (non-hydrogen) atoms. The SMILES string of the molecule is COc1ccc(-c2cc(C(=O)NCc3nc4ccccc4[nH]3)n(C)n2)cc1. The van der Waals surface area contributed by atoms with Gasteiger partial charge in [0.15, 0.2) is 0 Å². The minimum Gasteiger partial charge on any atom is -0.497 e. The van der Waals surface area contributed by atoms with Crippen molar-refractivity contribution in [2.75, 3.05) is 7.11 Å². The smallest absolute Gasteiger partial charge is 0.269 e. The minimum absolute atomic E-state index is 0.204. The van der Waals surface area contributed by atoms with Gasteiger partial charge in [0.25, 0.3) is 5.91 Å². The van der Waals surface area contributed by atoms with Gasteiger partial charge in [-0.15, -0.1) is 0 Å². The molecule has 0 aliphatic heterocycles. The molecule has 0 atom stereocenters. The molecule has 2 N–H and O–H groups in total. The number of aromatic nitrogens is 4. The van der Waals surface area contributed by atoms with Gasteiger partial charge in [-0.25, -0.2) is 4.98 Å². The number of nitrogens with zero attached hydrogens (tertiary/aromatic N) is 3. The molecule has 136 valence electrons. The molecule has 0 aliphatic carbocycles. The Morgan fingerprint density at radius 3 is 2.70 bits per heavy atom. The number of carbonyl (C=O) groups excluding carboxylic acids is 1. The van der Waals surface area contributed by atoms with Crippen LogP contribution in [0.5, 0.6) is 5.75 Å². The molecule has 7 nitrogen and oxygen atoms in total. The fraction of sp³-hybridized carbons (Fsp3) is 0.150. The second-order valence-electron chi connectivity index (χ2n) is 6.15. The molecular formula is C20H19N5O2. The van der Waals surface area contributed by atoms with Crippen molar-refractivity contribution < 1.29 is 9.53 Å². The fourth-order valence-corrected chi connectivity index (χ4v) is 2.93. The molecule has 1 amide bonds. The van der Waals surface area contributed by atoms with Gasteiger partial charge in [-0.3, -0.25) is 9.48 Å². The highest BCUT2D eigenvalue weighted by molar-refractivity contribution is 5.93. The van der Waals surface area contributed by atoms with Crippen molar-refractivity contribution in [3.05, 3.63) is 66.1 Å². The monoisotopic (exact) mass is 361 g/mol. The number of aromatic amines is 1. The largest absolute Gasteiger partial charge is 0.497 e. The molecule has 0 aliphatic rings. The second-order valence-corrected chi connectivity index (χ2v) is 6.15. The summed E-state index contributed by atoms with van der Waals surface area (Å²) in [5.41, 5.74) is 3.96. The highest BCUT2D eigenvalue weighted by Crippen LogP contribution is 2.22. The number of amides is 1. The molecule has 2 aromatic heterocycles. The molecule has 0 unspecified atom stereocenters. The van der Waals surface area contributed by atoms with Gasteiger partial charge in [0.05, 0.1) is 30.4 Å². The molecule has 0 spiro atoms. The number of H-pyrrole nitrogens is 1. The third-order valence-electron chi connectivity index (χ3n) is 4.35. The zero-order chi connectivity index (χ0) is 18.8. The first-order valence-corrected chi connectivity index (χ1v) is 8.54. The summed E-state index contributed by atoms with van der Waals surface area (Å²) in [6, 6.07) is 17.1. The van der Waals surface area contributed by atoms with E-state index in [1.54, 1.807) is 24.9 Å². The first-order chi connectivity index (χ1) is 13.1. The number of para-hydroxylation sites is 2. The number of nitrogens with one attached hydrogen (secondary N) is 2. The van der Waals surface area contributed by atoms with Crippen molar-refractivity contribution in [2.24, 2.45) is 7.05 Å². The summed E-state index contributed by atoms with van der Waals surface area (Å²) in [6.45, 7) is 0.316. The first-order valence-electron chi connectivity index (χ1n) is 8.54. The molecule has 0 bridgehead atoms. The van der Waals surface area contributed by atoms with E-state index in [-0.39, 0.29) is 5.91 Å². The van der Waals surface area contributed by atoms with Gasteiger partial charge in [0.1, 0.15) is 17.3 Å². The molecule has 7 heteroatoms. The molecule has 2 aromatic carbocycles. The summed E-state index contributed by atoms with van der Waals surface area (Å²) < 4.78 is 6.75. The Morgan fingerprint density at radius 1 is 1.19 bits per heavy atom. The standard InChI is InChI=1S/C20H19N5O2/c1-25-18(11-17(24-25)13-7-9-14(27-2)10-8-13)20(26)21-12-19-22-15-5-3-4-6-16(15)23-19/h3-11H,12H2,1-2H3,(H,21,26)(H,22,23). The Hall–Kier alpha value is -3.61. The van der Waals surface area contributed by atoms with E-state index < -0.39 is 0 Å². The quantitative estimate of drug-likeness (QED) is 0.572. The van der Waals surface area contributed by atoms with E-state index >= 15 is 0 Å². The van der Waals surface area contributed by atoms with Crippen molar-refractivity contribution >= 4 is 16.9 Å². The van der Waals surface area contributed by atoms with Gasteiger partial charge >= 0.3 is 0 Å². The number of hydrogen-bond acceptors (Lipinski definition) is 4. The van der Waals surface area contributed by atoms with Crippen LogP contribution in [-0.2, 0) is 13.6 Å². The van der Waals surface area contributed by atoms with E-state index in [0.717, 1.165) is 28.0 Å². The summed E-state index contributed by atoms with van der Waals surface area (Å²) in [5.74, 6) is 1.28. The molecule has 0 fully saturated rings. The van der Waals surface area contributed by atoms with Crippen molar-refractivity contribution in [2.45, 2.75) is 6.54 Å². The maximum atomic E-state index is 12.6. The number of ether oxygens (including phenoxy) is 1. The lowest BCUT2D eigenvalue weighted by molar-refractivity contribution is 0.0940. The van der Waals surface area contributed by atoms with Gasteiger partial charge in [-0.1, -0.05) is 12.1 Å². The Bertz CT molecular complexity index is 1060. The lowest BCUT2D eigenvalue weighted by Gasteiger charge is -2.02. The summed E-state index contributed by atoms with van der Waals surface area (Å²) in [5, 5.41) is 7.33. The molecule has 4 rings (SSSR count). The average Bonchev–Trinajstić information content (AvgIpc) is 3.29. The maximum absolute atomic E-state index is 12.6. The van der Waals surface area contributed by atoms with Crippen LogP contribution in [0.1, 0.15) is 16.3 Å². The topological polar surface area (TPSA) is 84.8 Å². The van der Waals surface area contributed by atoms with Gasteiger partial charge in [0, 0.05) is 12.6 Å². The zero-order valence-electron chi connectivity index (χ0n) is 15.1. The minimum atomic E-state index is -0.204. The summed E-state index contributed by atoms with van der Waals surface area (Å²) >= 11 is 0. The summed E-state index contributed by atoms with van der Waals surface area (Å²) in [7, 11) is 3.38. The van der Waals surface area contributed by atoms with Gasteiger partial charge in [0.2, 0.25) is 0 Å². The summed E-state index contributed by atoms with van der Waals surface area (Å²) in [4.78, 5) is 20.2. The number of fused-ring (bicyclic) bond motifs is 1. The molecule has 0 saturated carbocycles. The van der Waals surface area contributed by atoms with E-state index in [4.69, 9.17) is 4.74 Å². The van der Waals surface area contributed by atoms with E-state index in [9.17, 15) is 4.79 Å². The van der Waals surface area contributed by atoms with Crippen molar-refractivity contribution in [3.8, 4) is 17.0 Å². The van der Waals surface area contributed by atoms with E-state index in [0.29, 0.717) is 18.1 Å². The maximum Gasteiger partial charge on any atom is 0.269 e. The number of aryl methyl sites for hydroxylation is 1. The number of hydrogen-bond donors (Lipinski definition) is 2. The fourth-order valence-electron chi connectivity index (χ4n) is 2.93. The van der Waals surface area contributed by atoms with Gasteiger partial charge < -0.3 is 15.0 Å². The van der Waals surface area contributed by atoms with E-state index in [1.807, 2.05) is 48.5 Å². The van der Waals surface area contributed by atoms with Crippen LogP contribution in [-0.4, -0.2) is 32.8 Å². The van der Waals surface area contributed by atoms with Crippen molar-refractivity contribution in [1.82, 2.24) is 25.1 Å². The number of rotatable bonds is 5. The highest BCUT2D eigenvalue weighted by Gasteiger charge is 2.15. The van der Waals surface area contributed by atoms with Crippen LogP contribution in [0.3, 0.4) is 0 Å². The Kier molecular flexibility index (Phi) is 4.33. The van der Waals surface area contributed by atoms with Gasteiger partial charge in [-0.05, 0) is 42.5 Å². The van der Waals surface area contributed by atoms with E-state index in [1.165, 1.54) is 0 Å². The zero-order valence-corrected chi connectivity index (χ0v) is 15.1. The summed E-state index contributed by atoms with van der Waals surface area (Å²) in [6.07, 6.45) is 0. The van der Waals surface area contributed by atoms with Crippen molar-refractivity contribution in [1.29, 1.82) is 0 Å². The Morgan fingerprint density at radius 2 is 1.96 bits per heavy atom. The van der Waals surface area contributed by atoms with Crippen LogP contribution in [0.25, 0.3) is 22.3 Å². The van der Waals surface area contributed by atoms with Crippen molar-refractivity contribution in [3.63, 3.8) is 0 Å². The number of imidazole rings is 1. The number of carbonyl (C=O) groups is 1. The Labute approximate surface area is 156 Å². The van der Waals surface area contributed by atoms with Crippen LogP contribution in [0.2, 0.25) is 0 Å². The van der Waals surface area contributed by atoms with E-state index in [2.05, 4.69) is 20.4 Å². The predicted molar refractivity (Wildman–Crippen MR) is 102 cm³/mol. The predicted octanol–water partition coefficient (Wildman–Crippen LogP) is 2.90. The lowest BCUT2D eigenvalue weighted by Crippen LogP contribution is -2.25. The second kappa shape index (κ2) is 6.95. The Balaban J connectivity index is 1.49. The number of methoxy groups -OCH3 is 1. The average molecular weight is 361 g/mol. The molecule has 0 radical (unpaired) electrons. The third-order valence-corrected chi connectivity index (χ3v) is 4.35. The molecule has 4 aromatic rings. The van der Waals surface area contributed by atoms with Crippen LogP contribution in [0.15, 0.2) is 54.6 Å². The van der Waals surface area contributed by atoms with Crippen LogP contribution in [0, 0.1) is 0 Å². The van der Waals surface area contributed by atoms with Gasteiger partial charge in [-0.2, -0.15) is 5.10 Å². The lowest BCUT2D eigenvalue weighted by atomic mass is 10.1. The highest BCUT2D eigenvalue weighted by atomic mass is 16.5. The third kappa shape index (κ3) is 3.39. The molecular weight excluding hydrogens is 342 g/mol.